The van der Waals surface area contributed by atoms with Gasteiger partial charge in [-0.3, -0.25) is 0 Å². The minimum atomic E-state index is -3.80. The Labute approximate surface area is 108 Å². The highest BCUT2D eigenvalue weighted by molar-refractivity contribution is 7.89. The van der Waals surface area contributed by atoms with Gasteiger partial charge in [-0.15, -0.1) is 0 Å². The van der Waals surface area contributed by atoms with Crippen molar-refractivity contribution < 1.29 is 8.42 Å². The van der Waals surface area contributed by atoms with Crippen LogP contribution in [0.5, 0.6) is 0 Å². The Kier molecular flexibility index (Phi) is 2.95. The molecule has 0 unspecified atom stereocenters. The van der Waals surface area contributed by atoms with E-state index in [1.54, 1.807) is 0 Å². The van der Waals surface area contributed by atoms with Crippen molar-refractivity contribution in [3.05, 3.63) is 45.2 Å². The Balaban J connectivity index is 2.66. The third-order valence-electron chi connectivity index (χ3n) is 2.81. The maximum Gasteiger partial charge on any atom is 0.351 e. The molecule has 2 aromatic rings. The minimum absolute atomic E-state index is 0.0861. The molecule has 8 nitrogen and oxygen atoms in total. The second kappa shape index (κ2) is 4.21. The summed E-state index contributed by atoms with van der Waals surface area (Å²) in [5, 5.41) is 4.97. The molecule has 2 rings (SSSR count). The molecular formula is C10H12N4O4S. The average molecular weight is 284 g/mol. The van der Waals surface area contributed by atoms with E-state index in [-0.39, 0.29) is 10.6 Å². The van der Waals surface area contributed by atoms with Gasteiger partial charge in [0.25, 0.3) is 0 Å². The Morgan fingerprint density at radius 1 is 0.947 bits per heavy atom. The third kappa shape index (κ3) is 2.13. The van der Waals surface area contributed by atoms with Gasteiger partial charge in [0.15, 0.2) is 0 Å². The highest BCUT2D eigenvalue weighted by atomic mass is 32.2. The molecule has 102 valence electrons. The lowest BCUT2D eigenvalue weighted by Gasteiger charge is -2.01. The van der Waals surface area contributed by atoms with E-state index in [0.29, 0.717) is 0 Å². The lowest BCUT2D eigenvalue weighted by Crippen LogP contribution is -2.26. The summed E-state index contributed by atoms with van der Waals surface area (Å²) in [6, 6.07) is 5.18. The summed E-state index contributed by atoms with van der Waals surface area (Å²) in [4.78, 5) is 23.6. The molecule has 9 heteroatoms. The topological polar surface area (TPSA) is 109 Å². The van der Waals surface area contributed by atoms with Crippen molar-refractivity contribution in [1.29, 1.82) is 0 Å². The maximum atomic E-state index is 11.9. The first-order valence-corrected chi connectivity index (χ1v) is 6.76. The van der Waals surface area contributed by atoms with Crippen LogP contribution in [0, 0.1) is 0 Å². The molecule has 2 N–H and O–H groups in total. The molecule has 0 bridgehead atoms. The lowest BCUT2D eigenvalue weighted by atomic mass is 10.3. The quantitative estimate of drug-likeness (QED) is 0.725. The summed E-state index contributed by atoms with van der Waals surface area (Å²) >= 11 is 0. The standard InChI is InChI=1S/C10H12N4O4S/c1-12-9(15)14(10(16)13(12)2)7-3-5-8(6-4-7)19(11,17)18/h3-6H,1-2H3,(H2,11,17,18). The van der Waals surface area contributed by atoms with Gasteiger partial charge in [0.05, 0.1) is 10.6 Å². The molecule has 1 aromatic heterocycles. The fourth-order valence-electron chi connectivity index (χ4n) is 1.63. The predicted octanol–water partition coefficient (Wildman–Crippen LogP) is -1.48. The number of benzene rings is 1. The zero-order valence-electron chi connectivity index (χ0n) is 10.3. The Morgan fingerprint density at radius 2 is 1.37 bits per heavy atom. The van der Waals surface area contributed by atoms with Crippen LogP contribution >= 0.6 is 0 Å². The first kappa shape index (κ1) is 13.3. The predicted molar refractivity (Wildman–Crippen MR) is 67.6 cm³/mol. The van der Waals surface area contributed by atoms with Gasteiger partial charge in [-0.25, -0.2) is 37.1 Å². The second-order valence-corrected chi connectivity index (χ2v) is 5.55. The van der Waals surface area contributed by atoms with E-state index in [0.717, 1.165) is 13.9 Å². The van der Waals surface area contributed by atoms with E-state index in [1.807, 2.05) is 0 Å². The van der Waals surface area contributed by atoms with E-state index >= 15 is 0 Å². The molecule has 0 amide bonds. The van der Waals surface area contributed by atoms with Gasteiger partial charge in [-0.2, -0.15) is 0 Å². The number of nitrogens with two attached hydrogens (primary N) is 1. The average Bonchev–Trinajstić information content (AvgIpc) is 2.53. The molecule has 0 fully saturated rings. The lowest BCUT2D eigenvalue weighted by molar-refractivity contribution is 0.565. The first-order chi connectivity index (χ1) is 8.73. The Hall–Kier alpha value is -2.13. The van der Waals surface area contributed by atoms with Crippen LogP contribution in [0.2, 0.25) is 0 Å². The molecule has 0 aliphatic carbocycles. The minimum Gasteiger partial charge on any atom is -0.246 e. The van der Waals surface area contributed by atoms with E-state index in [9.17, 15) is 18.0 Å². The molecule has 0 saturated heterocycles. The van der Waals surface area contributed by atoms with Crippen molar-refractivity contribution in [3.63, 3.8) is 0 Å². The van der Waals surface area contributed by atoms with Crippen molar-refractivity contribution in [2.45, 2.75) is 4.90 Å². The normalized spacial score (nSPS) is 11.7. The molecule has 0 saturated carbocycles. The van der Waals surface area contributed by atoms with Crippen molar-refractivity contribution >= 4 is 10.0 Å². The first-order valence-electron chi connectivity index (χ1n) is 5.22. The molecule has 0 atom stereocenters. The number of nitrogens with zero attached hydrogens (tertiary/aromatic N) is 3. The van der Waals surface area contributed by atoms with Gasteiger partial charge >= 0.3 is 11.4 Å². The van der Waals surface area contributed by atoms with E-state index in [2.05, 4.69) is 0 Å². The number of aromatic nitrogens is 3. The Morgan fingerprint density at radius 3 is 1.74 bits per heavy atom. The molecular weight excluding hydrogens is 272 g/mol. The molecule has 0 aliphatic rings. The zero-order chi connectivity index (χ0) is 14.4. The van der Waals surface area contributed by atoms with Crippen molar-refractivity contribution in [1.82, 2.24) is 13.9 Å². The molecule has 1 aromatic carbocycles. The number of primary sulfonamides is 1. The zero-order valence-corrected chi connectivity index (χ0v) is 11.1. The van der Waals surface area contributed by atoms with Crippen molar-refractivity contribution in [2.75, 3.05) is 0 Å². The highest BCUT2D eigenvalue weighted by Gasteiger charge is 2.13. The SMILES string of the molecule is Cn1c(=O)n(-c2ccc(S(N)(=O)=O)cc2)c(=O)n1C. The fourth-order valence-corrected chi connectivity index (χ4v) is 2.15. The van der Waals surface area contributed by atoms with Gasteiger partial charge in [0, 0.05) is 14.1 Å². The van der Waals surface area contributed by atoms with E-state index < -0.39 is 21.4 Å². The summed E-state index contributed by atoms with van der Waals surface area (Å²) in [5.74, 6) is 0. The van der Waals surface area contributed by atoms with Gasteiger partial charge in [0.1, 0.15) is 0 Å². The largest absolute Gasteiger partial charge is 0.351 e. The summed E-state index contributed by atoms with van der Waals surface area (Å²) in [7, 11) is -0.886. The molecule has 19 heavy (non-hydrogen) atoms. The van der Waals surface area contributed by atoms with Crippen LogP contribution in [0.15, 0.2) is 38.8 Å². The third-order valence-corrected chi connectivity index (χ3v) is 3.74. The smallest absolute Gasteiger partial charge is 0.246 e. The van der Waals surface area contributed by atoms with Crippen LogP contribution in [-0.2, 0) is 24.1 Å². The number of sulfonamides is 1. The van der Waals surface area contributed by atoms with Crippen LogP contribution in [-0.4, -0.2) is 22.3 Å². The number of rotatable bonds is 2. The van der Waals surface area contributed by atoms with Crippen LogP contribution in [0.1, 0.15) is 0 Å². The van der Waals surface area contributed by atoms with Gasteiger partial charge < -0.3 is 0 Å². The van der Waals surface area contributed by atoms with Crippen molar-refractivity contribution in [2.24, 2.45) is 19.2 Å². The number of hydrogen-bond donors (Lipinski definition) is 1. The Bertz CT molecular complexity index is 806. The number of hydrogen-bond acceptors (Lipinski definition) is 4. The monoisotopic (exact) mass is 284 g/mol. The van der Waals surface area contributed by atoms with E-state index in [4.69, 9.17) is 5.14 Å². The van der Waals surface area contributed by atoms with E-state index in [1.165, 1.54) is 38.4 Å². The highest BCUT2D eigenvalue weighted by Crippen LogP contribution is 2.09. The molecule has 0 aliphatic heterocycles. The van der Waals surface area contributed by atoms with Crippen LogP contribution in [0.3, 0.4) is 0 Å². The fraction of sp³-hybridized carbons (Fsp3) is 0.200. The van der Waals surface area contributed by atoms with Gasteiger partial charge in [-0.1, -0.05) is 0 Å². The second-order valence-electron chi connectivity index (χ2n) is 3.99. The van der Waals surface area contributed by atoms with Gasteiger partial charge in [0.2, 0.25) is 10.0 Å². The summed E-state index contributed by atoms with van der Waals surface area (Å²) < 4.78 is 25.5. The molecule has 0 radical (unpaired) electrons. The van der Waals surface area contributed by atoms with Crippen LogP contribution < -0.4 is 16.5 Å². The summed E-state index contributed by atoms with van der Waals surface area (Å²) in [5.41, 5.74) is -0.759. The molecule has 1 heterocycles. The maximum absolute atomic E-state index is 11.9. The molecule has 0 spiro atoms. The van der Waals surface area contributed by atoms with Crippen molar-refractivity contribution in [3.8, 4) is 5.69 Å². The van der Waals surface area contributed by atoms with Crippen LogP contribution in [0.4, 0.5) is 0 Å². The van der Waals surface area contributed by atoms with Gasteiger partial charge in [-0.05, 0) is 24.3 Å². The van der Waals surface area contributed by atoms with Crippen LogP contribution in [0.25, 0.3) is 5.69 Å². The summed E-state index contributed by atoms with van der Waals surface area (Å²) in [6.07, 6.45) is 0. The summed E-state index contributed by atoms with van der Waals surface area (Å²) in [6.45, 7) is 0.